The van der Waals surface area contributed by atoms with Crippen molar-refractivity contribution >= 4 is 5.91 Å². The molecule has 0 saturated heterocycles. The van der Waals surface area contributed by atoms with Gasteiger partial charge in [0, 0.05) is 19.7 Å². The van der Waals surface area contributed by atoms with E-state index in [0.29, 0.717) is 6.42 Å². The quantitative estimate of drug-likeness (QED) is 0.890. The lowest BCUT2D eigenvalue weighted by atomic mass is 10.0. The van der Waals surface area contributed by atoms with Crippen molar-refractivity contribution in [2.24, 2.45) is 0 Å². The summed E-state index contributed by atoms with van der Waals surface area (Å²) in [6, 6.07) is 6.89. The number of carbonyl (C=O) groups excluding carboxylic acids is 1. The number of nitrogens with zero attached hydrogens (tertiary/aromatic N) is 1. The third kappa shape index (κ3) is 3.96. The molecule has 106 valence electrons. The third-order valence-electron chi connectivity index (χ3n) is 3.49. The fourth-order valence-electron chi connectivity index (χ4n) is 1.83. The van der Waals surface area contributed by atoms with Gasteiger partial charge in [0.15, 0.2) is 0 Å². The van der Waals surface area contributed by atoms with Gasteiger partial charge in [-0.15, -0.1) is 0 Å². The van der Waals surface area contributed by atoms with Gasteiger partial charge in [-0.3, -0.25) is 4.79 Å². The van der Waals surface area contributed by atoms with E-state index in [-0.39, 0.29) is 17.7 Å². The number of hydrogen-bond donors (Lipinski definition) is 1. The highest BCUT2D eigenvalue weighted by Crippen LogP contribution is 2.28. The van der Waals surface area contributed by atoms with Gasteiger partial charge in [0.2, 0.25) is 5.91 Å². The molecule has 0 heterocycles. The molecule has 4 heteroatoms. The Hall–Kier alpha value is -1.55. The summed E-state index contributed by atoms with van der Waals surface area (Å²) in [5.74, 6) is 0.197. The number of benzene rings is 1. The van der Waals surface area contributed by atoms with Crippen LogP contribution in [0.3, 0.4) is 0 Å². The van der Waals surface area contributed by atoms with E-state index in [1.54, 1.807) is 31.2 Å². The van der Waals surface area contributed by atoms with E-state index in [0.717, 1.165) is 5.56 Å². The minimum atomic E-state index is -0.482. The van der Waals surface area contributed by atoms with E-state index in [1.807, 2.05) is 32.9 Å². The molecule has 4 nitrogen and oxygen atoms in total. The smallest absolute Gasteiger partial charge is 0.225 e. The Labute approximate surface area is 115 Å². The molecule has 0 aliphatic heterocycles. The summed E-state index contributed by atoms with van der Waals surface area (Å²) in [4.78, 5) is 13.8. The molecule has 1 rings (SSSR count). The monoisotopic (exact) mass is 265 g/mol. The van der Waals surface area contributed by atoms with Crippen LogP contribution in [-0.4, -0.2) is 35.7 Å². The number of carbonyl (C=O) groups is 1. The number of ether oxygens (including phenoxy) is 1. The van der Waals surface area contributed by atoms with E-state index in [2.05, 4.69) is 0 Å². The molecule has 19 heavy (non-hydrogen) atoms. The normalized spacial score (nSPS) is 13.1. The standard InChI is InChI=1S/C15H23NO3/c1-11(12-8-6-7-9-13(12)17)16(4)14(18)10-15(2,3)19-5/h6-9,11,17H,10H2,1-5H3. The number of hydrogen-bond acceptors (Lipinski definition) is 3. The maximum Gasteiger partial charge on any atom is 0.225 e. The molecule has 0 saturated carbocycles. The second-order valence-electron chi connectivity index (χ2n) is 5.38. The summed E-state index contributed by atoms with van der Waals surface area (Å²) in [7, 11) is 3.34. The number of phenolic OH excluding ortho intramolecular Hbond substituents is 1. The predicted molar refractivity (Wildman–Crippen MR) is 75.0 cm³/mol. The topological polar surface area (TPSA) is 49.8 Å². The van der Waals surface area contributed by atoms with Crippen LogP contribution in [0.15, 0.2) is 24.3 Å². The van der Waals surface area contributed by atoms with Crippen LogP contribution in [0.2, 0.25) is 0 Å². The van der Waals surface area contributed by atoms with Crippen molar-refractivity contribution in [2.45, 2.75) is 38.8 Å². The molecule has 0 aromatic heterocycles. The van der Waals surface area contributed by atoms with E-state index in [9.17, 15) is 9.90 Å². The van der Waals surface area contributed by atoms with Crippen LogP contribution < -0.4 is 0 Å². The van der Waals surface area contributed by atoms with Gasteiger partial charge in [-0.2, -0.15) is 0 Å². The Morgan fingerprint density at radius 2 is 2.00 bits per heavy atom. The van der Waals surface area contributed by atoms with Gasteiger partial charge in [-0.25, -0.2) is 0 Å². The first kappa shape index (κ1) is 15.5. The third-order valence-corrected chi connectivity index (χ3v) is 3.49. The highest BCUT2D eigenvalue weighted by Gasteiger charge is 2.26. The Bertz CT molecular complexity index is 443. The van der Waals surface area contributed by atoms with Gasteiger partial charge in [0.1, 0.15) is 5.75 Å². The minimum Gasteiger partial charge on any atom is -0.508 e. The molecule has 0 aliphatic carbocycles. The molecule has 0 aliphatic rings. The summed E-state index contributed by atoms with van der Waals surface area (Å²) in [5.41, 5.74) is 0.262. The van der Waals surface area contributed by atoms with Gasteiger partial charge in [-0.1, -0.05) is 18.2 Å². The SMILES string of the molecule is COC(C)(C)CC(=O)N(C)C(C)c1ccccc1O. The highest BCUT2D eigenvalue weighted by molar-refractivity contribution is 5.77. The molecule has 1 atom stereocenters. The maximum atomic E-state index is 12.2. The van der Waals surface area contributed by atoms with Crippen molar-refractivity contribution in [3.05, 3.63) is 29.8 Å². The zero-order valence-corrected chi connectivity index (χ0v) is 12.3. The maximum absolute atomic E-state index is 12.2. The van der Waals surface area contributed by atoms with Crippen LogP contribution in [0, 0.1) is 0 Å². The largest absolute Gasteiger partial charge is 0.508 e. The lowest BCUT2D eigenvalue weighted by Crippen LogP contribution is -2.36. The Morgan fingerprint density at radius 1 is 1.42 bits per heavy atom. The number of methoxy groups -OCH3 is 1. The van der Waals surface area contributed by atoms with Crippen LogP contribution >= 0.6 is 0 Å². The van der Waals surface area contributed by atoms with Crippen LogP contribution in [0.5, 0.6) is 5.75 Å². The van der Waals surface area contributed by atoms with Crippen LogP contribution in [0.25, 0.3) is 0 Å². The molecular weight excluding hydrogens is 242 g/mol. The fourth-order valence-corrected chi connectivity index (χ4v) is 1.83. The molecule has 0 spiro atoms. The summed E-state index contributed by atoms with van der Waals surface area (Å²) < 4.78 is 5.27. The molecule has 1 N–H and O–H groups in total. The minimum absolute atomic E-state index is 0.0115. The van der Waals surface area contributed by atoms with Crippen molar-refractivity contribution < 1.29 is 14.6 Å². The van der Waals surface area contributed by atoms with Crippen molar-refractivity contribution in [1.29, 1.82) is 0 Å². The summed E-state index contributed by atoms with van der Waals surface area (Å²) in [6.45, 7) is 5.65. The molecule has 1 aromatic rings. The van der Waals surface area contributed by atoms with E-state index in [1.165, 1.54) is 0 Å². The van der Waals surface area contributed by atoms with Gasteiger partial charge < -0.3 is 14.7 Å². The number of rotatable bonds is 5. The summed E-state index contributed by atoms with van der Waals surface area (Å²) in [5, 5.41) is 9.83. The summed E-state index contributed by atoms with van der Waals surface area (Å²) >= 11 is 0. The van der Waals surface area contributed by atoms with Crippen LogP contribution in [0.4, 0.5) is 0 Å². The number of amides is 1. The lowest BCUT2D eigenvalue weighted by Gasteiger charge is -2.30. The zero-order chi connectivity index (χ0) is 14.6. The van der Waals surface area contributed by atoms with Gasteiger partial charge in [0.25, 0.3) is 0 Å². The van der Waals surface area contributed by atoms with Crippen molar-refractivity contribution in [1.82, 2.24) is 4.90 Å². The van der Waals surface area contributed by atoms with Gasteiger partial charge in [-0.05, 0) is 26.8 Å². The van der Waals surface area contributed by atoms with Crippen molar-refractivity contribution in [2.75, 3.05) is 14.2 Å². The molecule has 1 aromatic carbocycles. The van der Waals surface area contributed by atoms with Crippen molar-refractivity contribution in [3.63, 3.8) is 0 Å². The van der Waals surface area contributed by atoms with Gasteiger partial charge in [0.05, 0.1) is 18.1 Å². The molecule has 1 unspecified atom stereocenters. The zero-order valence-electron chi connectivity index (χ0n) is 12.3. The second-order valence-corrected chi connectivity index (χ2v) is 5.38. The average Bonchev–Trinajstić information content (AvgIpc) is 2.37. The lowest BCUT2D eigenvalue weighted by molar-refractivity contribution is -0.137. The Morgan fingerprint density at radius 3 is 2.53 bits per heavy atom. The first-order chi connectivity index (χ1) is 8.78. The Kier molecular flexibility index (Phi) is 4.95. The fraction of sp³-hybridized carbons (Fsp3) is 0.533. The van der Waals surface area contributed by atoms with E-state index < -0.39 is 5.60 Å². The highest BCUT2D eigenvalue weighted by atomic mass is 16.5. The molecule has 0 bridgehead atoms. The first-order valence-electron chi connectivity index (χ1n) is 6.37. The second kappa shape index (κ2) is 6.06. The van der Waals surface area contributed by atoms with E-state index in [4.69, 9.17) is 4.74 Å². The number of aromatic hydroxyl groups is 1. The molecule has 1 amide bonds. The molecule has 0 fully saturated rings. The predicted octanol–water partition coefficient (Wildman–Crippen LogP) is 2.73. The van der Waals surface area contributed by atoms with Gasteiger partial charge >= 0.3 is 0 Å². The van der Waals surface area contributed by atoms with E-state index >= 15 is 0 Å². The number of para-hydroxylation sites is 1. The molecule has 0 radical (unpaired) electrons. The summed E-state index contributed by atoms with van der Waals surface area (Å²) in [6.07, 6.45) is 0.304. The van der Waals surface area contributed by atoms with Crippen LogP contribution in [0.1, 0.15) is 38.8 Å². The molecular formula is C15H23NO3. The Balaban J connectivity index is 2.80. The van der Waals surface area contributed by atoms with Crippen molar-refractivity contribution in [3.8, 4) is 5.75 Å². The first-order valence-corrected chi connectivity index (χ1v) is 6.37. The number of phenols is 1. The average molecular weight is 265 g/mol. The van der Waals surface area contributed by atoms with Crippen LogP contribution in [-0.2, 0) is 9.53 Å².